The van der Waals surface area contributed by atoms with Crippen molar-refractivity contribution in [1.82, 2.24) is 25.1 Å². The molecular weight excluding hydrogens is 418 g/mol. The van der Waals surface area contributed by atoms with Crippen LogP contribution in [0.2, 0.25) is 0 Å². The molecule has 0 spiro atoms. The number of thiocarbonyl (C=S) groups is 1. The van der Waals surface area contributed by atoms with E-state index in [2.05, 4.69) is 39.6 Å². The Hall–Kier alpha value is -1.40. The van der Waals surface area contributed by atoms with Crippen LogP contribution in [-0.2, 0) is 20.8 Å². The summed E-state index contributed by atoms with van der Waals surface area (Å²) in [4.78, 5) is 2.35. The van der Waals surface area contributed by atoms with Crippen molar-refractivity contribution in [1.29, 1.82) is 0 Å². The van der Waals surface area contributed by atoms with Crippen molar-refractivity contribution in [2.45, 2.75) is 43.5 Å². The molecule has 0 aliphatic rings. The molecule has 28 heavy (non-hydrogen) atoms. The van der Waals surface area contributed by atoms with E-state index in [0.717, 1.165) is 25.2 Å². The monoisotopic (exact) mass is 442 g/mol. The van der Waals surface area contributed by atoms with Gasteiger partial charge in [-0.2, -0.15) is 8.42 Å². The fourth-order valence-electron chi connectivity index (χ4n) is 2.36. The van der Waals surface area contributed by atoms with Gasteiger partial charge in [-0.05, 0) is 42.6 Å². The Balaban J connectivity index is 1.96. The van der Waals surface area contributed by atoms with Crippen molar-refractivity contribution < 1.29 is 12.6 Å². The van der Waals surface area contributed by atoms with Crippen LogP contribution in [0.4, 0.5) is 0 Å². The summed E-state index contributed by atoms with van der Waals surface area (Å²) in [5.74, 6) is 0.236. The number of thioether (sulfide) groups is 1. The zero-order valence-corrected chi connectivity index (χ0v) is 18.6. The molecule has 1 aromatic heterocycles. The molecule has 1 heterocycles. The number of likely N-dealkylation sites (N-methyl/N-ethyl adjacent to an activating group) is 1. The maximum atomic E-state index is 12.4. The van der Waals surface area contributed by atoms with Crippen LogP contribution in [0.25, 0.3) is 0 Å². The lowest BCUT2D eigenvalue weighted by molar-refractivity contribution is 0.279. The molecule has 153 valence electrons. The zero-order chi connectivity index (χ0) is 20.6. The number of hydrogen-bond acceptors (Lipinski definition) is 9. The Morgan fingerprint density at radius 2 is 1.96 bits per heavy atom. The summed E-state index contributed by atoms with van der Waals surface area (Å²) >= 11 is 6.12. The van der Waals surface area contributed by atoms with Crippen LogP contribution in [0.15, 0.2) is 34.3 Å². The third kappa shape index (κ3) is 6.59. The Morgan fingerprint density at radius 1 is 1.29 bits per heavy atom. The largest absolute Gasteiger partial charge is 0.302 e. The summed E-state index contributed by atoms with van der Waals surface area (Å²) in [5.41, 5.74) is 0.962. The third-order valence-corrected chi connectivity index (χ3v) is 6.69. The van der Waals surface area contributed by atoms with Gasteiger partial charge in [-0.1, -0.05) is 55.5 Å². The molecule has 0 amide bonds. The van der Waals surface area contributed by atoms with Gasteiger partial charge >= 0.3 is 0 Å². The first-order chi connectivity index (χ1) is 13.4. The lowest BCUT2D eigenvalue weighted by Gasteiger charge is -2.17. The minimum Gasteiger partial charge on any atom is -0.302 e. The van der Waals surface area contributed by atoms with Crippen molar-refractivity contribution in [2.24, 2.45) is 0 Å². The lowest BCUT2D eigenvalue weighted by atomic mass is 10.2. The van der Waals surface area contributed by atoms with Gasteiger partial charge in [0.25, 0.3) is 10.1 Å². The third-order valence-electron chi connectivity index (χ3n) is 4.07. The second kappa shape index (κ2) is 11.0. The number of aromatic nitrogens is 4. The van der Waals surface area contributed by atoms with E-state index in [0.29, 0.717) is 11.7 Å². The first-order valence-electron chi connectivity index (χ1n) is 8.88. The van der Waals surface area contributed by atoms with Gasteiger partial charge < -0.3 is 4.90 Å². The molecule has 1 radical (unpaired) electrons. The molecule has 11 heteroatoms. The molecule has 1 aromatic carbocycles. The number of nitrogens with zero attached hydrogens (tertiary/aromatic N) is 5. The highest BCUT2D eigenvalue weighted by Crippen LogP contribution is 2.20. The Kier molecular flexibility index (Phi) is 8.96. The minimum absolute atomic E-state index is 0.0856. The van der Waals surface area contributed by atoms with E-state index >= 15 is 0 Å². The molecule has 8 nitrogen and oxygen atoms in total. The molecule has 0 aliphatic carbocycles. The molecule has 0 saturated heterocycles. The van der Waals surface area contributed by atoms with Crippen LogP contribution in [0.3, 0.4) is 0 Å². The average Bonchev–Trinajstić information content (AvgIpc) is 3.13. The highest BCUT2D eigenvalue weighted by molar-refractivity contribution is 7.99. The van der Waals surface area contributed by atoms with Gasteiger partial charge in [-0.25, -0.2) is 4.68 Å². The fraction of sp³-hybridized carbons (Fsp3) is 0.529. The molecular formula is C17H24N5O3S3. The molecule has 2 aromatic rings. The predicted molar refractivity (Wildman–Crippen MR) is 112 cm³/mol. The summed E-state index contributed by atoms with van der Waals surface area (Å²) in [6.07, 6.45) is -0.890. The average molecular weight is 443 g/mol. The highest BCUT2D eigenvalue weighted by Gasteiger charge is 2.22. The minimum atomic E-state index is -3.93. The standard InChI is InChI=1S/C17H24N5O3S3/c1-4-21(5-2)10-11-22-17(18-19-20-22)27-13-15(12-26)25-28(23,24)16-8-6-14(3)7-9-16/h6-9,15H,4-5,10-11,13H2,1-3H3. The van der Waals surface area contributed by atoms with Gasteiger partial charge in [0.15, 0.2) is 0 Å². The first kappa shape index (κ1) is 22.9. The second-order valence-electron chi connectivity index (χ2n) is 5.99. The van der Waals surface area contributed by atoms with Crippen LogP contribution in [0, 0.1) is 6.92 Å². The van der Waals surface area contributed by atoms with Crippen molar-refractivity contribution in [3.8, 4) is 0 Å². The Labute approximate surface area is 175 Å². The van der Waals surface area contributed by atoms with E-state index in [1.807, 2.05) is 6.92 Å². The predicted octanol–water partition coefficient (Wildman–Crippen LogP) is 2.07. The van der Waals surface area contributed by atoms with Gasteiger partial charge in [0, 0.05) is 12.3 Å². The normalized spacial score (nSPS) is 13.0. The number of tetrazole rings is 1. The first-order valence-corrected chi connectivity index (χ1v) is 11.7. The maximum absolute atomic E-state index is 12.4. The number of rotatable bonds is 12. The molecule has 2 rings (SSSR count). The van der Waals surface area contributed by atoms with E-state index in [1.165, 1.54) is 23.9 Å². The number of hydrogen-bond donors (Lipinski definition) is 0. The smallest absolute Gasteiger partial charge is 0.297 e. The molecule has 1 unspecified atom stereocenters. The summed E-state index contributed by atoms with van der Waals surface area (Å²) in [6.45, 7) is 9.46. The van der Waals surface area contributed by atoms with Crippen LogP contribution < -0.4 is 0 Å². The zero-order valence-electron chi connectivity index (χ0n) is 16.1. The fourth-order valence-corrected chi connectivity index (χ4v) is 4.57. The lowest BCUT2D eigenvalue weighted by Crippen LogP contribution is -2.27. The maximum Gasteiger partial charge on any atom is 0.297 e. The van der Waals surface area contributed by atoms with Crippen LogP contribution in [-0.4, -0.2) is 70.4 Å². The Bertz CT molecular complexity index is 851. The summed E-state index contributed by atoms with van der Waals surface area (Å²) in [5, 5.41) is 14.7. The van der Waals surface area contributed by atoms with Crippen LogP contribution in [0.5, 0.6) is 0 Å². The van der Waals surface area contributed by atoms with Crippen molar-refractivity contribution in [2.75, 3.05) is 25.4 Å². The van der Waals surface area contributed by atoms with Crippen LogP contribution >= 0.6 is 24.0 Å². The second-order valence-corrected chi connectivity index (χ2v) is 8.79. The molecule has 0 saturated carbocycles. The Morgan fingerprint density at radius 3 is 2.57 bits per heavy atom. The van der Waals surface area contributed by atoms with E-state index in [9.17, 15) is 8.42 Å². The van der Waals surface area contributed by atoms with Crippen molar-refractivity contribution >= 4 is 39.5 Å². The van der Waals surface area contributed by atoms with Gasteiger partial charge in [0.1, 0.15) is 6.10 Å². The van der Waals surface area contributed by atoms with Gasteiger partial charge in [0.2, 0.25) is 5.16 Å². The number of aryl methyl sites for hydroxylation is 1. The molecule has 0 N–H and O–H groups in total. The topological polar surface area (TPSA) is 90.2 Å². The summed E-state index contributed by atoms with van der Waals surface area (Å²) in [7, 11) is -3.93. The van der Waals surface area contributed by atoms with E-state index in [4.69, 9.17) is 16.4 Å². The van der Waals surface area contributed by atoms with Gasteiger partial charge in [-0.3, -0.25) is 4.18 Å². The SMILES string of the molecule is CCN(CC)CCn1nnnc1SCC([C]=S)OS(=O)(=O)c1ccc(C)cc1. The van der Waals surface area contributed by atoms with Crippen LogP contribution in [0.1, 0.15) is 19.4 Å². The van der Waals surface area contributed by atoms with Gasteiger partial charge in [0.05, 0.1) is 16.8 Å². The van der Waals surface area contributed by atoms with E-state index in [-0.39, 0.29) is 10.6 Å². The molecule has 1 atom stereocenters. The quantitative estimate of drug-likeness (QED) is 0.278. The molecule has 0 aliphatic heterocycles. The van der Waals surface area contributed by atoms with Crippen molar-refractivity contribution in [3.05, 3.63) is 29.8 Å². The van der Waals surface area contributed by atoms with E-state index in [1.54, 1.807) is 16.8 Å². The summed E-state index contributed by atoms with van der Waals surface area (Å²) in [6, 6.07) is 6.44. The van der Waals surface area contributed by atoms with Crippen molar-refractivity contribution in [3.63, 3.8) is 0 Å². The molecule has 0 bridgehead atoms. The van der Waals surface area contributed by atoms with E-state index < -0.39 is 16.2 Å². The molecule has 0 fully saturated rings. The van der Waals surface area contributed by atoms with Gasteiger partial charge in [-0.15, -0.1) is 5.10 Å². The summed E-state index contributed by atoms with van der Waals surface area (Å²) < 4.78 is 31.8. The highest BCUT2D eigenvalue weighted by atomic mass is 32.2. The number of benzene rings is 1.